The predicted octanol–water partition coefficient (Wildman–Crippen LogP) is 1.39. The van der Waals surface area contributed by atoms with Crippen molar-refractivity contribution in [2.45, 2.75) is 18.7 Å². The van der Waals surface area contributed by atoms with Crippen LogP contribution in [0.4, 0.5) is 0 Å². The van der Waals surface area contributed by atoms with Crippen molar-refractivity contribution < 1.29 is 17.9 Å². The molecular formula is C13H17NO4S. The Bertz CT molecular complexity index is 561. The van der Waals surface area contributed by atoms with Gasteiger partial charge in [-0.3, -0.25) is 0 Å². The van der Waals surface area contributed by atoms with Crippen molar-refractivity contribution in [3.63, 3.8) is 0 Å². The topological polar surface area (TPSA) is 72.5 Å². The van der Waals surface area contributed by atoms with Gasteiger partial charge in [0, 0.05) is 12.1 Å². The van der Waals surface area contributed by atoms with E-state index in [0.717, 1.165) is 5.56 Å². The van der Waals surface area contributed by atoms with Gasteiger partial charge >= 0.3 is 5.97 Å². The lowest BCUT2D eigenvalue weighted by Gasteiger charge is -2.07. The summed E-state index contributed by atoms with van der Waals surface area (Å²) < 4.78 is 30.8. The number of esters is 1. The minimum atomic E-state index is -3.56. The minimum Gasteiger partial charge on any atom is -0.461 e. The molecule has 0 heterocycles. The van der Waals surface area contributed by atoms with Gasteiger partial charge in [-0.15, -0.1) is 0 Å². The smallest absolute Gasteiger partial charge is 0.333 e. The van der Waals surface area contributed by atoms with Crippen LogP contribution in [-0.2, 0) is 19.6 Å². The average Bonchev–Trinajstić information content (AvgIpc) is 2.34. The summed E-state index contributed by atoms with van der Waals surface area (Å²) >= 11 is 0. The number of benzene rings is 1. The lowest BCUT2D eigenvalue weighted by Crippen LogP contribution is -2.28. The maximum absolute atomic E-state index is 11.9. The Balaban J connectivity index is 2.50. The molecule has 0 atom stereocenters. The van der Waals surface area contributed by atoms with E-state index < -0.39 is 16.0 Å². The summed E-state index contributed by atoms with van der Waals surface area (Å²) in [7, 11) is -3.56. The number of carbonyl (C=O) groups excluding carboxylic acids is 1. The number of ether oxygens (including phenoxy) is 1. The summed E-state index contributed by atoms with van der Waals surface area (Å²) in [4.78, 5) is 11.3. The summed E-state index contributed by atoms with van der Waals surface area (Å²) in [5.41, 5.74) is 1.26. The van der Waals surface area contributed by atoms with Crippen molar-refractivity contribution in [1.82, 2.24) is 4.72 Å². The number of nitrogens with one attached hydrogen (secondary N) is 1. The van der Waals surface area contributed by atoms with Crippen LogP contribution in [0.1, 0.15) is 12.5 Å². The van der Waals surface area contributed by atoms with Crippen LogP contribution in [0.2, 0.25) is 0 Å². The fraction of sp³-hybridized carbons (Fsp3) is 0.308. The van der Waals surface area contributed by atoms with Crippen LogP contribution in [0.5, 0.6) is 0 Å². The van der Waals surface area contributed by atoms with Crippen LogP contribution >= 0.6 is 0 Å². The third kappa shape index (κ3) is 4.84. The van der Waals surface area contributed by atoms with Crippen molar-refractivity contribution in [3.05, 3.63) is 42.0 Å². The number of carbonyl (C=O) groups is 1. The molecule has 0 aliphatic heterocycles. The highest BCUT2D eigenvalue weighted by atomic mass is 32.2. The zero-order valence-corrected chi connectivity index (χ0v) is 11.8. The van der Waals surface area contributed by atoms with Crippen molar-refractivity contribution in [2.24, 2.45) is 0 Å². The van der Waals surface area contributed by atoms with Gasteiger partial charge in [0.2, 0.25) is 10.0 Å². The van der Waals surface area contributed by atoms with E-state index >= 15 is 0 Å². The van der Waals surface area contributed by atoms with E-state index in [4.69, 9.17) is 4.74 Å². The van der Waals surface area contributed by atoms with Gasteiger partial charge in [0.1, 0.15) is 6.61 Å². The molecule has 0 spiro atoms. The first-order chi connectivity index (χ1) is 8.83. The molecule has 1 N–H and O–H groups in total. The van der Waals surface area contributed by atoms with Crippen LogP contribution in [0.25, 0.3) is 0 Å². The first-order valence-electron chi connectivity index (χ1n) is 5.72. The van der Waals surface area contributed by atoms with E-state index in [1.807, 2.05) is 6.92 Å². The Morgan fingerprint density at radius 1 is 1.32 bits per heavy atom. The van der Waals surface area contributed by atoms with Crippen LogP contribution in [0, 0.1) is 6.92 Å². The molecule has 0 aliphatic rings. The highest BCUT2D eigenvalue weighted by Gasteiger charge is 2.13. The van der Waals surface area contributed by atoms with Crippen molar-refractivity contribution in [1.29, 1.82) is 0 Å². The fourth-order valence-corrected chi connectivity index (χ4v) is 2.26. The van der Waals surface area contributed by atoms with Gasteiger partial charge in [-0.05, 0) is 26.0 Å². The van der Waals surface area contributed by atoms with Crippen LogP contribution < -0.4 is 4.72 Å². The molecule has 0 fully saturated rings. The van der Waals surface area contributed by atoms with Gasteiger partial charge in [0.25, 0.3) is 0 Å². The first kappa shape index (κ1) is 15.4. The summed E-state index contributed by atoms with van der Waals surface area (Å²) in [6.07, 6.45) is 0. The quantitative estimate of drug-likeness (QED) is 0.486. The molecule has 1 rings (SSSR count). The number of rotatable bonds is 6. The third-order valence-electron chi connectivity index (χ3n) is 2.31. The second kappa shape index (κ2) is 6.49. The Kier molecular flexibility index (Phi) is 5.26. The van der Waals surface area contributed by atoms with Crippen LogP contribution in [-0.4, -0.2) is 27.5 Å². The fourth-order valence-electron chi connectivity index (χ4n) is 1.24. The van der Waals surface area contributed by atoms with E-state index in [2.05, 4.69) is 11.3 Å². The molecule has 0 saturated heterocycles. The molecule has 0 unspecified atom stereocenters. The molecule has 0 saturated carbocycles. The molecule has 0 radical (unpaired) electrons. The highest BCUT2D eigenvalue weighted by molar-refractivity contribution is 7.89. The highest BCUT2D eigenvalue weighted by Crippen LogP contribution is 2.09. The van der Waals surface area contributed by atoms with Gasteiger partial charge in [-0.1, -0.05) is 24.3 Å². The standard InChI is InChI=1S/C13H17NO4S/c1-10(2)13(15)18-9-8-14-19(16,17)12-6-4-11(3)5-7-12/h4-7,14H,1,8-9H2,2-3H3. The average molecular weight is 283 g/mol. The molecule has 5 nitrogen and oxygen atoms in total. The predicted molar refractivity (Wildman–Crippen MR) is 72.1 cm³/mol. The summed E-state index contributed by atoms with van der Waals surface area (Å²) in [5.74, 6) is -0.533. The number of hydrogen-bond acceptors (Lipinski definition) is 4. The Morgan fingerprint density at radius 3 is 2.42 bits per heavy atom. The van der Waals surface area contributed by atoms with Gasteiger partial charge in [-0.2, -0.15) is 0 Å². The maximum atomic E-state index is 11.9. The zero-order valence-electron chi connectivity index (χ0n) is 11.0. The van der Waals surface area contributed by atoms with Crippen molar-refractivity contribution >= 4 is 16.0 Å². The zero-order chi connectivity index (χ0) is 14.5. The molecule has 1 aromatic carbocycles. The largest absolute Gasteiger partial charge is 0.461 e. The van der Waals surface area contributed by atoms with Gasteiger partial charge < -0.3 is 4.74 Å². The van der Waals surface area contributed by atoms with Crippen molar-refractivity contribution in [2.75, 3.05) is 13.2 Å². The maximum Gasteiger partial charge on any atom is 0.333 e. The molecule has 6 heteroatoms. The minimum absolute atomic E-state index is 0.0230. The van der Waals surface area contributed by atoms with Gasteiger partial charge in [-0.25, -0.2) is 17.9 Å². The number of hydrogen-bond donors (Lipinski definition) is 1. The van der Waals surface area contributed by atoms with E-state index in [9.17, 15) is 13.2 Å². The number of aryl methyl sites for hydroxylation is 1. The van der Waals surface area contributed by atoms with Gasteiger partial charge in [0.05, 0.1) is 4.90 Å². The molecule has 0 amide bonds. The summed E-state index contributed by atoms with van der Waals surface area (Å²) in [6.45, 7) is 6.82. The molecular weight excluding hydrogens is 266 g/mol. The molecule has 1 aromatic rings. The lowest BCUT2D eigenvalue weighted by atomic mass is 10.2. The summed E-state index contributed by atoms with van der Waals surface area (Å²) in [5, 5.41) is 0. The second-order valence-electron chi connectivity index (χ2n) is 4.13. The van der Waals surface area contributed by atoms with E-state index in [1.165, 1.54) is 19.1 Å². The molecule has 19 heavy (non-hydrogen) atoms. The molecule has 0 aliphatic carbocycles. The van der Waals surface area contributed by atoms with Crippen LogP contribution in [0.3, 0.4) is 0 Å². The first-order valence-corrected chi connectivity index (χ1v) is 7.20. The van der Waals surface area contributed by atoms with Crippen LogP contribution in [0.15, 0.2) is 41.3 Å². The Morgan fingerprint density at radius 2 is 1.89 bits per heavy atom. The Labute approximate surface area is 113 Å². The van der Waals surface area contributed by atoms with E-state index in [-0.39, 0.29) is 23.6 Å². The van der Waals surface area contributed by atoms with Gasteiger partial charge in [0.15, 0.2) is 0 Å². The third-order valence-corrected chi connectivity index (χ3v) is 3.78. The number of sulfonamides is 1. The SMILES string of the molecule is C=C(C)C(=O)OCCNS(=O)(=O)c1ccc(C)cc1. The lowest BCUT2D eigenvalue weighted by molar-refractivity contribution is -0.138. The normalized spacial score (nSPS) is 11.1. The molecule has 0 bridgehead atoms. The molecule has 104 valence electrons. The Hall–Kier alpha value is -1.66. The van der Waals surface area contributed by atoms with E-state index in [0.29, 0.717) is 0 Å². The monoisotopic (exact) mass is 283 g/mol. The van der Waals surface area contributed by atoms with Crippen molar-refractivity contribution in [3.8, 4) is 0 Å². The summed E-state index contributed by atoms with van der Waals surface area (Å²) in [6, 6.07) is 6.49. The second-order valence-corrected chi connectivity index (χ2v) is 5.89. The van der Waals surface area contributed by atoms with E-state index in [1.54, 1.807) is 12.1 Å². The molecule has 0 aromatic heterocycles.